The Morgan fingerprint density at radius 3 is 2.64 bits per heavy atom. The molecule has 0 aromatic carbocycles. The van der Waals surface area contributed by atoms with Gasteiger partial charge in [0.25, 0.3) is 0 Å². The van der Waals surface area contributed by atoms with Crippen molar-refractivity contribution in [3.05, 3.63) is 11.6 Å². The van der Waals surface area contributed by atoms with E-state index in [2.05, 4.69) is 27.8 Å². The largest absolute Gasteiger partial charge is 0.385 e. The number of aliphatic imine (C=N–C) groups is 1. The Morgan fingerprint density at radius 2 is 2.04 bits per heavy atom. The van der Waals surface area contributed by atoms with Crippen LogP contribution in [0.2, 0.25) is 0 Å². The third kappa shape index (κ3) is 6.30. The van der Waals surface area contributed by atoms with Gasteiger partial charge in [-0.2, -0.15) is 0 Å². The van der Waals surface area contributed by atoms with E-state index < -0.39 is 0 Å². The molecule has 0 aliphatic heterocycles. The molecule has 2 N–H and O–H groups in total. The molecule has 142 valence electrons. The molecule has 0 atom stereocenters. The van der Waals surface area contributed by atoms with Crippen molar-refractivity contribution in [3.8, 4) is 0 Å². The van der Waals surface area contributed by atoms with Gasteiger partial charge in [0.1, 0.15) is 12.4 Å². The molecule has 0 amide bonds. The van der Waals surface area contributed by atoms with Crippen LogP contribution < -0.4 is 10.6 Å². The third-order valence-corrected chi connectivity index (χ3v) is 5.14. The van der Waals surface area contributed by atoms with Crippen molar-refractivity contribution in [1.82, 2.24) is 25.4 Å². The lowest BCUT2D eigenvalue weighted by molar-refractivity contribution is 0.195. The maximum absolute atomic E-state index is 5.12. The first-order valence-electron chi connectivity index (χ1n) is 9.52. The summed E-state index contributed by atoms with van der Waals surface area (Å²) in [6.45, 7) is 6.38. The van der Waals surface area contributed by atoms with Gasteiger partial charge in [-0.25, -0.2) is 4.99 Å². The number of methoxy groups -OCH3 is 1. The fraction of sp³-hybridized carbons (Fsp3) is 0.833. The standard InChI is InChI=1S/C18H34N6O/c1-5-15-7-9-16(10-8-15)21-18(19-11-6-12-25-4)20-13-17-23-22-14(2)24(17)3/h15-16H,5-13H2,1-4H3,(H2,19,20,21). The summed E-state index contributed by atoms with van der Waals surface area (Å²) in [4.78, 5) is 4.73. The van der Waals surface area contributed by atoms with E-state index in [1.165, 1.54) is 32.1 Å². The maximum Gasteiger partial charge on any atom is 0.191 e. The van der Waals surface area contributed by atoms with Crippen molar-refractivity contribution in [1.29, 1.82) is 0 Å². The van der Waals surface area contributed by atoms with Crippen LogP contribution in [0, 0.1) is 12.8 Å². The van der Waals surface area contributed by atoms with E-state index in [1.54, 1.807) is 7.11 Å². The van der Waals surface area contributed by atoms with Crippen LogP contribution in [-0.4, -0.2) is 47.0 Å². The molecule has 0 saturated heterocycles. The second-order valence-corrected chi connectivity index (χ2v) is 6.93. The Balaban J connectivity index is 1.92. The average molecular weight is 351 g/mol. The zero-order valence-electron chi connectivity index (χ0n) is 16.2. The number of guanidine groups is 1. The Bertz CT molecular complexity index is 534. The number of ether oxygens (including phenoxy) is 1. The minimum Gasteiger partial charge on any atom is -0.385 e. The molecule has 1 aromatic heterocycles. The van der Waals surface area contributed by atoms with E-state index in [1.807, 2.05) is 18.5 Å². The Morgan fingerprint density at radius 1 is 1.28 bits per heavy atom. The summed E-state index contributed by atoms with van der Waals surface area (Å²) in [6.07, 6.45) is 7.33. The first-order chi connectivity index (χ1) is 12.1. The lowest BCUT2D eigenvalue weighted by Crippen LogP contribution is -2.45. The van der Waals surface area contributed by atoms with Crippen molar-refractivity contribution >= 4 is 5.96 Å². The molecule has 0 radical (unpaired) electrons. The fourth-order valence-corrected chi connectivity index (χ4v) is 3.22. The smallest absolute Gasteiger partial charge is 0.191 e. The van der Waals surface area contributed by atoms with Crippen LogP contribution in [0.1, 0.15) is 57.1 Å². The van der Waals surface area contributed by atoms with Gasteiger partial charge in [-0.15, -0.1) is 10.2 Å². The number of nitrogens with zero attached hydrogens (tertiary/aromatic N) is 4. The van der Waals surface area contributed by atoms with Gasteiger partial charge in [-0.3, -0.25) is 0 Å². The lowest BCUT2D eigenvalue weighted by Gasteiger charge is -2.29. The van der Waals surface area contributed by atoms with Crippen LogP contribution in [0.3, 0.4) is 0 Å². The topological polar surface area (TPSA) is 76.4 Å². The van der Waals surface area contributed by atoms with Gasteiger partial charge in [0, 0.05) is 33.4 Å². The minimum absolute atomic E-state index is 0.512. The Labute approximate surface area is 151 Å². The Kier molecular flexibility index (Phi) is 8.18. The summed E-state index contributed by atoms with van der Waals surface area (Å²) >= 11 is 0. The molecule has 2 rings (SSSR count). The lowest BCUT2D eigenvalue weighted by atomic mass is 9.84. The second kappa shape index (κ2) is 10.4. The SMILES string of the molecule is CCC1CCC(NC(=NCc2nnc(C)n2C)NCCCOC)CC1. The average Bonchev–Trinajstić information content (AvgIpc) is 2.95. The van der Waals surface area contributed by atoms with Crippen molar-refractivity contribution < 1.29 is 4.74 Å². The molecule has 1 aromatic rings. The highest BCUT2D eigenvalue weighted by atomic mass is 16.5. The van der Waals surface area contributed by atoms with E-state index in [-0.39, 0.29) is 0 Å². The second-order valence-electron chi connectivity index (χ2n) is 6.93. The molecule has 1 saturated carbocycles. The number of rotatable bonds is 8. The highest BCUT2D eigenvalue weighted by molar-refractivity contribution is 5.80. The molecule has 1 aliphatic rings. The van der Waals surface area contributed by atoms with Gasteiger partial charge >= 0.3 is 0 Å². The summed E-state index contributed by atoms with van der Waals surface area (Å²) in [5.74, 6) is 3.56. The predicted molar refractivity (Wildman–Crippen MR) is 101 cm³/mol. The van der Waals surface area contributed by atoms with Gasteiger partial charge in [0.2, 0.25) is 0 Å². The third-order valence-electron chi connectivity index (χ3n) is 5.14. The quantitative estimate of drug-likeness (QED) is 0.427. The first-order valence-corrected chi connectivity index (χ1v) is 9.52. The van der Waals surface area contributed by atoms with Crippen molar-refractivity contribution in [3.63, 3.8) is 0 Å². The highest BCUT2D eigenvalue weighted by Crippen LogP contribution is 2.26. The highest BCUT2D eigenvalue weighted by Gasteiger charge is 2.20. The predicted octanol–water partition coefficient (Wildman–Crippen LogP) is 2.16. The monoisotopic (exact) mass is 350 g/mol. The number of nitrogens with one attached hydrogen (secondary N) is 2. The number of aryl methyl sites for hydroxylation is 1. The van der Waals surface area contributed by atoms with Crippen LogP contribution in [0.4, 0.5) is 0 Å². The maximum atomic E-state index is 5.12. The molecule has 1 heterocycles. The molecule has 0 bridgehead atoms. The molecule has 25 heavy (non-hydrogen) atoms. The normalized spacial score (nSPS) is 21.4. The van der Waals surface area contributed by atoms with E-state index >= 15 is 0 Å². The number of hydrogen-bond donors (Lipinski definition) is 2. The zero-order valence-corrected chi connectivity index (χ0v) is 16.2. The summed E-state index contributed by atoms with van der Waals surface area (Å²) < 4.78 is 7.11. The van der Waals surface area contributed by atoms with Crippen LogP contribution in [0.15, 0.2) is 4.99 Å². The van der Waals surface area contributed by atoms with Gasteiger partial charge < -0.3 is 19.9 Å². The molecule has 1 fully saturated rings. The molecule has 7 heteroatoms. The van der Waals surface area contributed by atoms with Crippen LogP contribution in [0.5, 0.6) is 0 Å². The van der Waals surface area contributed by atoms with E-state index in [0.717, 1.165) is 43.1 Å². The molecule has 0 unspecified atom stereocenters. The molecule has 7 nitrogen and oxygen atoms in total. The van der Waals surface area contributed by atoms with Gasteiger partial charge in [-0.1, -0.05) is 13.3 Å². The fourth-order valence-electron chi connectivity index (χ4n) is 3.22. The van der Waals surface area contributed by atoms with Crippen LogP contribution in [-0.2, 0) is 18.3 Å². The van der Waals surface area contributed by atoms with Crippen molar-refractivity contribution in [2.24, 2.45) is 18.0 Å². The summed E-state index contributed by atoms with van der Waals surface area (Å²) in [5, 5.41) is 15.3. The Hall–Kier alpha value is -1.63. The van der Waals surface area contributed by atoms with Gasteiger partial charge in [0.15, 0.2) is 11.8 Å². The summed E-state index contributed by atoms with van der Waals surface area (Å²) in [7, 11) is 3.71. The van der Waals surface area contributed by atoms with Crippen molar-refractivity contribution in [2.75, 3.05) is 20.3 Å². The van der Waals surface area contributed by atoms with E-state index in [0.29, 0.717) is 12.6 Å². The van der Waals surface area contributed by atoms with Crippen LogP contribution >= 0.6 is 0 Å². The first kappa shape index (κ1) is 19.7. The number of hydrogen-bond acceptors (Lipinski definition) is 4. The van der Waals surface area contributed by atoms with E-state index in [9.17, 15) is 0 Å². The summed E-state index contributed by atoms with van der Waals surface area (Å²) in [6, 6.07) is 0.512. The van der Waals surface area contributed by atoms with Crippen molar-refractivity contribution in [2.45, 2.75) is 65.0 Å². The summed E-state index contributed by atoms with van der Waals surface area (Å²) in [5.41, 5.74) is 0. The van der Waals surface area contributed by atoms with Crippen LogP contribution in [0.25, 0.3) is 0 Å². The molecule has 1 aliphatic carbocycles. The minimum atomic E-state index is 0.512. The van der Waals surface area contributed by atoms with E-state index in [4.69, 9.17) is 9.73 Å². The molecular weight excluding hydrogens is 316 g/mol. The number of aromatic nitrogens is 3. The molecule has 0 spiro atoms. The van der Waals surface area contributed by atoms with Gasteiger partial charge in [-0.05, 0) is 44.9 Å². The molecular formula is C18H34N6O. The van der Waals surface area contributed by atoms with Gasteiger partial charge in [0.05, 0.1) is 0 Å². The zero-order chi connectivity index (χ0) is 18.1.